The van der Waals surface area contributed by atoms with E-state index in [2.05, 4.69) is 22.9 Å². The summed E-state index contributed by atoms with van der Waals surface area (Å²) in [7, 11) is 0. The van der Waals surface area contributed by atoms with Gasteiger partial charge in [-0.3, -0.25) is 0 Å². The van der Waals surface area contributed by atoms with Crippen molar-refractivity contribution in [2.24, 2.45) is 0 Å². The number of hydrogen-bond donors (Lipinski definition) is 0. The van der Waals surface area contributed by atoms with Gasteiger partial charge in [0, 0.05) is 11.9 Å². The first-order valence-electron chi connectivity index (χ1n) is 6.10. The smallest absolute Gasteiger partial charge is 0.147 e. The first kappa shape index (κ1) is 15.4. The summed E-state index contributed by atoms with van der Waals surface area (Å²) in [6.07, 6.45) is 7.86. The van der Waals surface area contributed by atoms with Gasteiger partial charge in [0.05, 0.1) is 6.10 Å². The Balaban J connectivity index is 3.28. The van der Waals surface area contributed by atoms with Gasteiger partial charge in [0.1, 0.15) is 6.79 Å². The summed E-state index contributed by atoms with van der Waals surface area (Å²) in [5.74, 6) is 0. The molecule has 0 aromatic carbocycles. The van der Waals surface area contributed by atoms with E-state index in [1.54, 1.807) is 0 Å². The number of alkyl halides is 1. The Hall–Kier alpha value is 0.400. The molecule has 0 saturated carbocycles. The van der Waals surface area contributed by atoms with Gasteiger partial charge in [0.2, 0.25) is 0 Å². The Morgan fingerprint density at radius 2 is 1.80 bits per heavy atom. The number of rotatable bonds is 11. The number of ether oxygens (including phenoxy) is 2. The van der Waals surface area contributed by atoms with Gasteiger partial charge < -0.3 is 9.47 Å². The Morgan fingerprint density at radius 1 is 1.07 bits per heavy atom. The number of halogens is 1. The largest absolute Gasteiger partial charge is 0.356 e. The van der Waals surface area contributed by atoms with E-state index in [4.69, 9.17) is 9.47 Å². The summed E-state index contributed by atoms with van der Waals surface area (Å²) in [5.41, 5.74) is 0. The fourth-order valence-corrected chi connectivity index (χ4v) is 1.85. The molecule has 0 heterocycles. The Morgan fingerprint density at radius 3 is 2.40 bits per heavy atom. The molecule has 0 radical (unpaired) electrons. The van der Waals surface area contributed by atoms with E-state index in [1.165, 1.54) is 32.1 Å². The molecule has 0 fully saturated rings. The highest BCUT2D eigenvalue weighted by Crippen LogP contribution is 2.11. The molecular formula is C12H25BrO2. The molecule has 0 spiro atoms. The predicted molar refractivity (Wildman–Crippen MR) is 68.5 cm³/mol. The van der Waals surface area contributed by atoms with Crippen molar-refractivity contribution in [3.05, 3.63) is 0 Å². The molecule has 92 valence electrons. The maximum Gasteiger partial charge on any atom is 0.147 e. The van der Waals surface area contributed by atoms with Crippen molar-refractivity contribution in [1.29, 1.82) is 0 Å². The topological polar surface area (TPSA) is 18.5 Å². The molecule has 0 aliphatic carbocycles. The predicted octanol–water partition coefficient (Wildman–Crippen LogP) is 4.12. The first-order valence-corrected chi connectivity index (χ1v) is 7.22. The normalized spacial score (nSPS) is 13.0. The van der Waals surface area contributed by atoms with Gasteiger partial charge in [-0.2, -0.15) is 0 Å². The summed E-state index contributed by atoms with van der Waals surface area (Å²) < 4.78 is 10.8. The number of hydrogen-bond acceptors (Lipinski definition) is 2. The average Bonchev–Trinajstić information content (AvgIpc) is 2.26. The molecule has 1 unspecified atom stereocenters. The average molecular weight is 281 g/mol. The molecule has 2 nitrogen and oxygen atoms in total. The van der Waals surface area contributed by atoms with Crippen LogP contribution in [-0.2, 0) is 9.47 Å². The van der Waals surface area contributed by atoms with E-state index in [9.17, 15) is 0 Å². The quantitative estimate of drug-likeness (QED) is 0.322. The van der Waals surface area contributed by atoms with Crippen LogP contribution in [0.25, 0.3) is 0 Å². The molecule has 0 N–H and O–H groups in total. The highest BCUT2D eigenvalue weighted by atomic mass is 79.9. The Labute approximate surface area is 103 Å². The van der Waals surface area contributed by atoms with Crippen LogP contribution >= 0.6 is 15.9 Å². The van der Waals surface area contributed by atoms with Gasteiger partial charge in [-0.05, 0) is 26.2 Å². The zero-order valence-corrected chi connectivity index (χ0v) is 11.7. The molecule has 15 heavy (non-hydrogen) atoms. The van der Waals surface area contributed by atoms with E-state index in [1.807, 2.05) is 6.92 Å². The first-order chi connectivity index (χ1) is 7.35. The third-order valence-corrected chi connectivity index (χ3v) is 3.02. The SMILES string of the molecule is CCOCOC(CC)CCCCCCBr. The molecule has 0 aromatic heterocycles. The van der Waals surface area contributed by atoms with Crippen LogP contribution in [0.5, 0.6) is 0 Å². The van der Waals surface area contributed by atoms with Gasteiger partial charge >= 0.3 is 0 Å². The van der Waals surface area contributed by atoms with Crippen LogP contribution in [0.15, 0.2) is 0 Å². The van der Waals surface area contributed by atoms with E-state index in [-0.39, 0.29) is 0 Å². The van der Waals surface area contributed by atoms with Crippen molar-refractivity contribution in [2.75, 3.05) is 18.7 Å². The highest BCUT2D eigenvalue weighted by Gasteiger charge is 2.05. The van der Waals surface area contributed by atoms with Gasteiger partial charge in [0.15, 0.2) is 0 Å². The summed E-state index contributed by atoms with van der Waals surface area (Å²) in [6.45, 7) is 5.36. The van der Waals surface area contributed by atoms with E-state index in [0.717, 1.165) is 18.4 Å². The minimum atomic E-state index is 0.389. The minimum absolute atomic E-state index is 0.389. The van der Waals surface area contributed by atoms with Crippen molar-refractivity contribution in [1.82, 2.24) is 0 Å². The lowest BCUT2D eigenvalue weighted by atomic mass is 10.1. The lowest BCUT2D eigenvalue weighted by Crippen LogP contribution is -2.14. The second kappa shape index (κ2) is 12.5. The van der Waals surface area contributed by atoms with Crippen LogP contribution in [-0.4, -0.2) is 24.8 Å². The Kier molecular flexibility index (Phi) is 12.8. The number of unbranched alkanes of at least 4 members (excludes halogenated alkanes) is 3. The van der Waals surface area contributed by atoms with Crippen molar-refractivity contribution < 1.29 is 9.47 Å². The van der Waals surface area contributed by atoms with Crippen LogP contribution in [0, 0.1) is 0 Å². The zero-order chi connectivity index (χ0) is 11.4. The molecule has 0 rings (SSSR count). The van der Waals surface area contributed by atoms with Crippen molar-refractivity contribution >= 4 is 15.9 Å². The third-order valence-electron chi connectivity index (χ3n) is 2.46. The summed E-state index contributed by atoms with van der Waals surface area (Å²) in [6, 6.07) is 0. The van der Waals surface area contributed by atoms with Gasteiger partial charge in [-0.25, -0.2) is 0 Å². The Bertz CT molecular complexity index is 120. The van der Waals surface area contributed by atoms with Crippen molar-refractivity contribution in [2.45, 2.75) is 58.5 Å². The van der Waals surface area contributed by atoms with Crippen LogP contribution in [0.1, 0.15) is 52.4 Å². The molecule has 0 bridgehead atoms. The molecule has 0 aliphatic heterocycles. The maximum atomic E-state index is 5.61. The molecule has 0 saturated heterocycles. The van der Waals surface area contributed by atoms with E-state index in [0.29, 0.717) is 12.9 Å². The van der Waals surface area contributed by atoms with Crippen molar-refractivity contribution in [3.63, 3.8) is 0 Å². The van der Waals surface area contributed by atoms with Gasteiger partial charge in [-0.1, -0.05) is 42.1 Å². The van der Waals surface area contributed by atoms with Gasteiger partial charge in [0.25, 0.3) is 0 Å². The molecule has 0 amide bonds. The second-order valence-electron chi connectivity index (χ2n) is 3.70. The fourth-order valence-electron chi connectivity index (χ4n) is 1.45. The zero-order valence-electron chi connectivity index (χ0n) is 10.1. The summed E-state index contributed by atoms with van der Waals surface area (Å²) in [5, 5.41) is 1.13. The third kappa shape index (κ3) is 10.7. The lowest BCUT2D eigenvalue weighted by molar-refractivity contribution is -0.0894. The van der Waals surface area contributed by atoms with Crippen LogP contribution in [0.4, 0.5) is 0 Å². The lowest BCUT2D eigenvalue weighted by Gasteiger charge is -2.15. The van der Waals surface area contributed by atoms with Crippen LogP contribution in [0.3, 0.4) is 0 Å². The molecule has 1 atom stereocenters. The molecule has 0 aromatic rings. The molecule has 3 heteroatoms. The molecule has 0 aliphatic rings. The fraction of sp³-hybridized carbons (Fsp3) is 1.00. The summed E-state index contributed by atoms with van der Waals surface area (Å²) >= 11 is 3.44. The van der Waals surface area contributed by atoms with Crippen molar-refractivity contribution in [3.8, 4) is 0 Å². The van der Waals surface area contributed by atoms with Crippen LogP contribution in [0.2, 0.25) is 0 Å². The van der Waals surface area contributed by atoms with Crippen LogP contribution < -0.4 is 0 Å². The molecular weight excluding hydrogens is 256 g/mol. The van der Waals surface area contributed by atoms with E-state index >= 15 is 0 Å². The monoisotopic (exact) mass is 280 g/mol. The highest BCUT2D eigenvalue weighted by molar-refractivity contribution is 9.09. The second-order valence-corrected chi connectivity index (χ2v) is 4.49. The van der Waals surface area contributed by atoms with Gasteiger partial charge in [-0.15, -0.1) is 0 Å². The standard InChI is InChI=1S/C12H25BrO2/c1-3-12(15-11-14-4-2)9-7-5-6-8-10-13/h12H,3-11H2,1-2H3. The summed E-state index contributed by atoms with van der Waals surface area (Å²) in [4.78, 5) is 0. The minimum Gasteiger partial charge on any atom is -0.356 e. The van der Waals surface area contributed by atoms with E-state index < -0.39 is 0 Å². The maximum absolute atomic E-state index is 5.61.